The van der Waals surface area contributed by atoms with E-state index in [-0.39, 0.29) is 12.5 Å². The molecule has 1 aromatic rings. The highest BCUT2D eigenvalue weighted by atomic mass is 35.5. The second kappa shape index (κ2) is 6.95. The maximum Gasteiger partial charge on any atom is 0.260 e. The summed E-state index contributed by atoms with van der Waals surface area (Å²) in [5.74, 6) is 0.368. The predicted molar refractivity (Wildman–Crippen MR) is 80.2 cm³/mol. The standard InChI is InChI=1S/C15H22ClNO3/c1-5-15(4,19)9-17-14(18)11(3)20-13-7-6-12(16)8-10(13)2/h6-8,11,19H,5,9H2,1-4H3,(H,17,18). The topological polar surface area (TPSA) is 58.6 Å². The average Bonchev–Trinajstić information content (AvgIpc) is 2.39. The van der Waals surface area contributed by atoms with Crippen molar-refractivity contribution in [2.24, 2.45) is 0 Å². The van der Waals surface area contributed by atoms with Gasteiger partial charge in [0.1, 0.15) is 5.75 Å². The molecule has 0 saturated heterocycles. The molecular weight excluding hydrogens is 278 g/mol. The fourth-order valence-corrected chi connectivity index (χ4v) is 1.76. The summed E-state index contributed by atoms with van der Waals surface area (Å²) in [6.45, 7) is 7.29. The van der Waals surface area contributed by atoms with Gasteiger partial charge in [0.05, 0.1) is 5.60 Å². The highest BCUT2D eigenvalue weighted by molar-refractivity contribution is 6.30. The van der Waals surface area contributed by atoms with E-state index in [0.29, 0.717) is 17.2 Å². The van der Waals surface area contributed by atoms with Gasteiger partial charge in [-0.05, 0) is 51.0 Å². The van der Waals surface area contributed by atoms with E-state index in [4.69, 9.17) is 16.3 Å². The Morgan fingerprint density at radius 1 is 1.55 bits per heavy atom. The number of carbonyl (C=O) groups excluding carboxylic acids is 1. The maximum absolute atomic E-state index is 11.9. The van der Waals surface area contributed by atoms with Crippen LogP contribution in [0.15, 0.2) is 18.2 Å². The van der Waals surface area contributed by atoms with Gasteiger partial charge < -0.3 is 15.2 Å². The van der Waals surface area contributed by atoms with Crippen molar-refractivity contribution in [3.63, 3.8) is 0 Å². The lowest BCUT2D eigenvalue weighted by Crippen LogP contribution is -2.44. The van der Waals surface area contributed by atoms with Crippen molar-refractivity contribution >= 4 is 17.5 Å². The lowest BCUT2D eigenvalue weighted by atomic mass is 10.0. The number of benzene rings is 1. The molecule has 0 aliphatic carbocycles. The third kappa shape index (κ3) is 5.02. The number of hydrogen-bond donors (Lipinski definition) is 2. The number of ether oxygens (including phenoxy) is 1. The van der Waals surface area contributed by atoms with Crippen LogP contribution in [-0.2, 0) is 4.79 Å². The van der Waals surface area contributed by atoms with E-state index in [1.54, 1.807) is 32.0 Å². The summed E-state index contributed by atoms with van der Waals surface area (Å²) in [5, 5.41) is 13.2. The summed E-state index contributed by atoms with van der Waals surface area (Å²) in [6.07, 6.45) is -0.0683. The quantitative estimate of drug-likeness (QED) is 0.849. The Hall–Kier alpha value is -1.26. The molecule has 0 aliphatic heterocycles. The normalized spacial score (nSPS) is 15.3. The molecule has 0 radical (unpaired) electrons. The van der Waals surface area contributed by atoms with E-state index in [1.807, 2.05) is 13.8 Å². The number of halogens is 1. The molecule has 2 atom stereocenters. The van der Waals surface area contributed by atoms with Crippen molar-refractivity contribution in [2.75, 3.05) is 6.54 Å². The molecule has 112 valence electrons. The second-order valence-corrected chi connectivity index (χ2v) is 5.67. The molecule has 4 nitrogen and oxygen atoms in total. The van der Waals surface area contributed by atoms with Gasteiger partial charge in [-0.2, -0.15) is 0 Å². The van der Waals surface area contributed by atoms with Crippen LogP contribution >= 0.6 is 11.6 Å². The third-order valence-corrected chi connectivity index (χ3v) is 3.45. The van der Waals surface area contributed by atoms with Gasteiger partial charge in [0.25, 0.3) is 5.91 Å². The average molecular weight is 300 g/mol. The van der Waals surface area contributed by atoms with Crippen molar-refractivity contribution in [1.29, 1.82) is 0 Å². The Balaban J connectivity index is 2.57. The summed E-state index contributed by atoms with van der Waals surface area (Å²) in [5.41, 5.74) is -0.0244. The molecular formula is C15H22ClNO3. The second-order valence-electron chi connectivity index (χ2n) is 5.24. The Kier molecular flexibility index (Phi) is 5.84. The molecule has 20 heavy (non-hydrogen) atoms. The van der Waals surface area contributed by atoms with Crippen LogP contribution in [-0.4, -0.2) is 29.3 Å². The Bertz CT molecular complexity index is 474. The van der Waals surface area contributed by atoms with Crippen LogP contribution in [0.1, 0.15) is 32.8 Å². The highest BCUT2D eigenvalue weighted by Gasteiger charge is 2.21. The number of nitrogens with one attached hydrogen (secondary N) is 1. The van der Waals surface area contributed by atoms with E-state index < -0.39 is 11.7 Å². The monoisotopic (exact) mass is 299 g/mol. The molecule has 5 heteroatoms. The van der Waals surface area contributed by atoms with Crippen LogP contribution in [0.25, 0.3) is 0 Å². The zero-order valence-corrected chi connectivity index (χ0v) is 13.1. The maximum atomic E-state index is 11.9. The molecule has 1 rings (SSSR count). The van der Waals surface area contributed by atoms with Crippen LogP contribution in [0.3, 0.4) is 0 Å². The lowest BCUT2D eigenvalue weighted by molar-refractivity contribution is -0.128. The van der Waals surface area contributed by atoms with Gasteiger partial charge in [-0.25, -0.2) is 0 Å². The van der Waals surface area contributed by atoms with E-state index >= 15 is 0 Å². The summed E-state index contributed by atoms with van der Waals surface area (Å²) < 4.78 is 5.61. The van der Waals surface area contributed by atoms with E-state index in [1.165, 1.54) is 0 Å². The van der Waals surface area contributed by atoms with Crippen molar-refractivity contribution in [3.05, 3.63) is 28.8 Å². The zero-order valence-electron chi connectivity index (χ0n) is 12.4. The number of rotatable bonds is 6. The molecule has 0 fully saturated rings. The SMILES string of the molecule is CCC(C)(O)CNC(=O)C(C)Oc1ccc(Cl)cc1C. The minimum Gasteiger partial charge on any atom is -0.481 e. The number of amides is 1. The Morgan fingerprint density at radius 3 is 2.75 bits per heavy atom. The van der Waals surface area contributed by atoms with Crippen LogP contribution in [0.2, 0.25) is 5.02 Å². The summed E-state index contributed by atoms with van der Waals surface area (Å²) >= 11 is 5.87. The van der Waals surface area contributed by atoms with Gasteiger partial charge in [0, 0.05) is 11.6 Å². The smallest absolute Gasteiger partial charge is 0.260 e. The number of hydrogen-bond acceptors (Lipinski definition) is 3. The predicted octanol–water partition coefficient (Wildman–Crippen LogP) is 2.69. The van der Waals surface area contributed by atoms with Crippen LogP contribution in [0.4, 0.5) is 0 Å². The first-order chi connectivity index (χ1) is 9.25. The van der Waals surface area contributed by atoms with E-state index in [2.05, 4.69) is 5.32 Å². The van der Waals surface area contributed by atoms with Crippen LogP contribution in [0, 0.1) is 6.92 Å². The van der Waals surface area contributed by atoms with E-state index in [9.17, 15) is 9.90 Å². The summed E-state index contributed by atoms with van der Waals surface area (Å²) in [7, 11) is 0. The van der Waals surface area contributed by atoms with Gasteiger partial charge in [-0.1, -0.05) is 18.5 Å². The number of aliphatic hydroxyl groups is 1. The van der Waals surface area contributed by atoms with Crippen molar-refractivity contribution in [2.45, 2.75) is 45.8 Å². The summed E-state index contributed by atoms with van der Waals surface area (Å²) in [6, 6.07) is 5.24. The first kappa shape index (κ1) is 16.8. The lowest BCUT2D eigenvalue weighted by Gasteiger charge is -2.23. The van der Waals surface area contributed by atoms with Gasteiger partial charge in [0.2, 0.25) is 0 Å². The summed E-state index contributed by atoms with van der Waals surface area (Å²) in [4.78, 5) is 11.9. The molecule has 0 saturated carbocycles. The fraction of sp³-hybridized carbons (Fsp3) is 0.533. The van der Waals surface area contributed by atoms with Crippen LogP contribution < -0.4 is 10.1 Å². The Labute approximate surface area is 125 Å². The van der Waals surface area contributed by atoms with Gasteiger partial charge in [0.15, 0.2) is 6.10 Å². The van der Waals surface area contributed by atoms with E-state index in [0.717, 1.165) is 5.56 Å². The largest absolute Gasteiger partial charge is 0.481 e. The van der Waals surface area contributed by atoms with Crippen molar-refractivity contribution in [3.8, 4) is 5.75 Å². The molecule has 0 aliphatic rings. The molecule has 0 aromatic heterocycles. The number of aryl methyl sites for hydroxylation is 1. The number of carbonyl (C=O) groups is 1. The minimum atomic E-state index is -0.897. The zero-order chi connectivity index (χ0) is 15.3. The van der Waals surface area contributed by atoms with Crippen LogP contribution in [0.5, 0.6) is 5.75 Å². The molecule has 0 bridgehead atoms. The van der Waals surface area contributed by atoms with Gasteiger partial charge in [-0.15, -0.1) is 0 Å². The minimum absolute atomic E-state index is 0.204. The van der Waals surface area contributed by atoms with Crippen molar-refractivity contribution < 1.29 is 14.6 Å². The first-order valence-corrected chi connectivity index (χ1v) is 7.06. The molecule has 2 N–H and O–H groups in total. The fourth-order valence-electron chi connectivity index (χ4n) is 1.54. The first-order valence-electron chi connectivity index (χ1n) is 6.68. The third-order valence-electron chi connectivity index (χ3n) is 3.22. The Morgan fingerprint density at radius 2 is 2.20 bits per heavy atom. The molecule has 1 amide bonds. The van der Waals surface area contributed by atoms with Gasteiger partial charge in [-0.3, -0.25) is 4.79 Å². The molecule has 0 heterocycles. The van der Waals surface area contributed by atoms with Gasteiger partial charge >= 0.3 is 0 Å². The van der Waals surface area contributed by atoms with Crippen molar-refractivity contribution in [1.82, 2.24) is 5.32 Å². The highest BCUT2D eigenvalue weighted by Crippen LogP contribution is 2.22. The molecule has 0 spiro atoms. The molecule has 1 aromatic carbocycles. The molecule has 2 unspecified atom stereocenters.